The number of aromatic nitrogens is 2. The molecule has 2 aromatic heterocycles. The van der Waals surface area contributed by atoms with Gasteiger partial charge in [-0.15, -0.1) is 0 Å². The quantitative estimate of drug-likeness (QED) is 0.0800. The van der Waals surface area contributed by atoms with Gasteiger partial charge in [-0.2, -0.15) is 0 Å². The summed E-state index contributed by atoms with van der Waals surface area (Å²) in [6, 6.07) is 22.0. The van der Waals surface area contributed by atoms with Crippen molar-refractivity contribution in [3.63, 3.8) is 0 Å². The van der Waals surface area contributed by atoms with E-state index in [1.54, 1.807) is 64.4 Å². The van der Waals surface area contributed by atoms with Crippen molar-refractivity contribution in [3.8, 4) is 0 Å². The first kappa shape index (κ1) is 53.2. The monoisotopic (exact) mass is 1090 g/mol. The lowest BCUT2D eigenvalue weighted by Gasteiger charge is -2.41. The largest absolute Gasteiger partial charge is 0.480 e. The van der Waals surface area contributed by atoms with Crippen LogP contribution in [0.15, 0.2) is 97.3 Å². The van der Waals surface area contributed by atoms with Crippen LogP contribution in [0, 0.1) is 17.7 Å². The van der Waals surface area contributed by atoms with Crippen LogP contribution in [-0.2, 0) is 14.4 Å². The second-order valence-electron chi connectivity index (χ2n) is 20.0. The summed E-state index contributed by atoms with van der Waals surface area (Å²) >= 11 is 24.0. The van der Waals surface area contributed by atoms with Crippen LogP contribution in [0.25, 0.3) is 27.9 Å². The number of nitrogens with zero attached hydrogens (tertiary/aromatic N) is 4. The number of amides is 3. The van der Waals surface area contributed by atoms with Crippen LogP contribution in [-0.4, -0.2) is 128 Å². The van der Waals surface area contributed by atoms with Gasteiger partial charge in [0.05, 0.1) is 20.1 Å². The molecule has 4 fully saturated rings. The standard InChI is InChI=1S/C29H30Cl2FN3O3.C27H30Cl2N4O3/c30-24-4-1-18(15-25(24)31)2-6-27(36)34-11-9-20(10-12-34)28(29(37)38)35-13-7-19(8-14-35)23-17-33-26-5-3-21(32)16-22(23)26;28-22-6-5-19(15-23(22)29)31-27(36)33-13-9-18(10-14-33)25(26(34)35)32-11-7-17(8-12-32)21-16-30-24-4-2-1-3-20(21)24/h1-6,15-17,19-20,28,33H,7-14H2,(H,37,38);1-6,15-18,25,30H,7-14H2,(H,31,36)(H,34,35)/b6-2+;. The van der Waals surface area contributed by atoms with E-state index in [0.717, 1.165) is 66.3 Å². The molecule has 0 radical (unpaired) electrons. The zero-order valence-corrected chi connectivity index (χ0v) is 43.8. The molecule has 4 aliphatic heterocycles. The van der Waals surface area contributed by atoms with Crippen LogP contribution < -0.4 is 5.32 Å². The number of fused-ring (bicyclic) bond motifs is 2. The van der Waals surface area contributed by atoms with Gasteiger partial charge in [0.15, 0.2) is 0 Å². The molecule has 6 aromatic rings. The molecule has 2 atom stereocenters. The van der Waals surface area contributed by atoms with E-state index in [0.29, 0.717) is 96.6 Å². The predicted molar refractivity (Wildman–Crippen MR) is 291 cm³/mol. The van der Waals surface area contributed by atoms with Crippen molar-refractivity contribution in [2.75, 3.05) is 57.7 Å². The van der Waals surface area contributed by atoms with E-state index >= 15 is 0 Å². The van der Waals surface area contributed by atoms with Gasteiger partial charge in [-0.05, 0) is 179 Å². The molecular formula is C56H60Cl4FN7O6. The first-order valence-corrected chi connectivity index (χ1v) is 26.9. The first-order chi connectivity index (χ1) is 35.7. The van der Waals surface area contributed by atoms with E-state index in [1.807, 2.05) is 12.3 Å². The van der Waals surface area contributed by atoms with Crippen LogP contribution in [0.2, 0.25) is 20.1 Å². The maximum atomic E-state index is 13.8. The minimum atomic E-state index is -0.804. The van der Waals surface area contributed by atoms with E-state index in [1.165, 1.54) is 23.1 Å². The number of anilines is 1. The number of rotatable bonds is 11. The van der Waals surface area contributed by atoms with Crippen LogP contribution in [0.5, 0.6) is 0 Å². The van der Waals surface area contributed by atoms with Crippen molar-refractivity contribution in [2.45, 2.75) is 75.3 Å². The number of carboxylic acid groups (broad SMARTS) is 2. The zero-order valence-electron chi connectivity index (χ0n) is 40.8. The molecule has 2 unspecified atom stereocenters. The molecule has 18 heteroatoms. The van der Waals surface area contributed by atoms with Gasteiger partial charge in [0, 0.05) is 72.1 Å². The van der Waals surface area contributed by atoms with Crippen LogP contribution >= 0.6 is 46.4 Å². The number of H-pyrrole nitrogens is 2. The zero-order chi connectivity index (χ0) is 52.0. The number of aromatic amines is 2. The topological polar surface area (TPSA) is 165 Å². The number of carboxylic acids is 2. The minimum absolute atomic E-state index is 0.0150. The molecule has 0 aliphatic carbocycles. The Morgan fingerprint density at radius 3 is 1.65 bits per heavy atom. The SMILES string of the molecule is O=C(O)C(C1CCN(C(=O)/C=C/c2ccc(Cl)c(Cl)c2)CC1)N1CCC(c2c[nH]c3ccc(F)cc23)CC1.O=C(O)C(C1CCN(C(=O)Nc2ccc(Cl)c(Cl)c2)CC1)N1CCC(c2c[nH]c3ccccc23)CC1. The highest BCUT2D eigenvalue weighted by Crippen LogP contribution is 2.38. The van der Waals surface area contributed by atoms with Gasteiger partial charge in [0.2, 0.25) is 5.91 Å². The molecule has 4 aromatic carbocycles. The fraction of sp³-hybridized carbons (Fsp3) is 0.393. The van der Waals surface area contributed by atoms with Gasteiger partial charge in [-0.1, -0.05) is 70.7 Å². The summed E-state index contributed by atoms with van der Waals surface area (Å²) in [4.78, 5) is 64.5. The highest BCUT2D eigenvalue weighted by molar-refractivity contribution is 6.42. The molecule has 0 spiro atoms. The Bertz CT molecular complexity index is 3010. The second-order valence-corrected chi connectivity index (χ2v) is 21.6. The smallest absolute Gasteiger partial charge is 0.321 e. The number of hydrogen-bond donors (Lipinski definition) is 5. The Labute approximate surface area is 449 Å². The first-order valence-electron chi connectivity index (χ1n) is 25.4. The number of piperidine rings is 4. The lowest BCUT2D eigenvalue weighted by Crippen LogP contribution is -2.52. The molecule has 5 N–H and O–H groups in total. The van der Waals surface area contributed by atoms with Crippen molar-refractivity contribution in [3.05, 3.63) is 140 Å². The Morgan fingerprint density at radius 1 is 0.581 bits per heavy atom. The maximum Gasteiger partial charge on any atom is 0.321 e. The third-order valence-electron chi connectivity index (χ3n) is 15.6. The molecule has 74 heavy (non-hydrogen) atoms. The van der Waals surface area contributed by atoms with E-state index < -0.39 is 24.0 Å². The molecule has 6 heterocycles. The normalized spacial score (nSPS) is 18.9. The van der Waals surface area contributed by atoms with E-state index in [9.17, 15) is 33.8 Å². The average molecular weight is 1090 g/mol. The molecule has 4 saturated heterocycles. The highest BCUT2D eigenvalue weighted by atomic mass is 35.5. The van der Waals surface area contributed by atoms with E-state index in [-0.39, 0.29) is 35.5 Å². The number of hydrogen-bond acceptors (Lipinski definition) is 6. The number of halogens is 5. The van der Waals surface area contributed by atoms with Crippen molar-refractivity contribution < 1.29 is 33.8 Å². The molecule has 390 valence electrons. The number of carbonyl (C=O) groups is 4. The number of benzene rings is 4. The van der Waals surface area contributed by atoms with Gasteiger partial charge in [-0.3, -0.25) is 24.2 Å². The fourth-order valence-electron chi connectivity index (χ4n) is 11.7. The van der Waals surface area contributed by atoms with Gasteiger partial charge >= 0.3 is 18.0 Å². The molecule has 0 saturated carbocycles. The summed E-state index contributed by atoms with van der Waals surface area (Å²) in [6.07, 6.45) is 13.4. The predicted octanol–water partition coefficient (Wildman–Crippen LogP) is 12.2. The summed E-state index contributed by atoms with van der Waals surface area (Å²) in [5, 5.41) is 27.0. The summed E-state index contributed by atoms with van der Waals surface area (Å²) in [5.74, 6) is -1.23. The summed E-state index contributed by atoms with van der Waals surface area (Å²) < 4.78 is 13.8. The molecule has 13 nitrogen and oxygen atoms in total. The number of nitrogens with one attached hydrogen (secondary N) is 3. The third kappa shape index (κ3) is 12.4. The van der Waals surface area contributed by atoms with E-state index in [4.69, 9.17) is 46.4 Å². The van der Waals surface area contributed by atoms with Crippen molar-refractivity contribution in [1.82, 2.24) is 29.6 Å². The van der Waals surface area contributed by atoms with Gasteiger partial charge < -0.3 is 35.3 Å². The summed E-state index contributed by atoms with van der Waals surface area (Å²) in [7, 11) is 0. The average Bonchev–Trinajstić information content (AvgIpc) is 4.03. The Hall–Kier alpha value is -5.61. The molecule has 4 aliphatic rings. The lowest BCUT2D eigenvalue weighted by molar-refractivity contribution is -0.148. The lowest BCUT2D eigenvalue weighted by atomic mass is 9.84. The van der Waals surface area contributed by atoms with E-state index in [2.05, 4.69) is 49.5 Å². The van der Waals surface area contributed by atoms with Gasteiger partial charge in [0.25, 0.3) is 0 Å². The number of para-hydroxylation sites is 1. The number of carbonyl (C=O) groups excluding carboxylic acids is 2. The molecule has 3 amide bonds. The third-order valence-corrected chi connectivity index (χ3v) is 17.1. The van der Waals surface area contributed by atoms with Crippen molar-refractivity contribution in [1.29, 1.82) is 0 Å². The van der Waals surface area contributed by atoms with Gasteiger partial charge in [-0.25, -0.2) is 9.18 Å². The summed E-state index contributed by atoms with van der Waals surface area (Å²) in [6.45, 7) is 4.97. The number of aliphatic carboxylic acids is 2. The van der Waals surface area contributed by atoms with Gasteiger partial charge in [0.1, 0.15) is 17.9 Å². The van der Waals surface area contributed by atoms with Crippen molar-refractivity contribution >= 4 is 104 Å². The van der Waals surface area contributed by atoms with Crippen LogP contribution in [0.3, 0.4) is 0 Å². The molecule has 10 rings (SSSR count). The number of likely N-dealkylation sites (tertiary alicyclic amines) is 4. The van der Waals surface area contributed by atoms with Crippen LogP contribution in [0.1, 0.15) is 79.9 Å². The maximum absolute atomic E-state index is 13.8. The summed E-state index contributed by atoms with van der Waals surface area (Å²) in [5.41, 5.74) is 5.87. The van der Waals surface area contributed by atoms with Crippen molar-refractivity contribution in [2.24, 2.45) is 11.8 Å². The molecule has 0 bridgehead atoms. The second kappa shape index (κ2) is 23.9. The Balaban J connectivity index is 0.000000182. The number of urea groups is 1. The fourth-order valence-corrected chi connectivity index (χ4v) is 12.3. The Kier molecular flexibility index (Phi) is 17.2. The minimum Gasteiger partial charge on any atom is -0.480 e. The Morgan fingerprint density at radius 2 is 1.09 bits per heavy atom. The van der Waals surface area contributed by atoms with Crippen LogP contribution in [0.4, 0.5) is 14.9 Å². The highest BCUT2D eigenvalue weighted by Gasteiger charge is 2.40. The molecular weight excluding hydrogens is 1030 g/mol.